The molecule has 0 spiro atoms. The Morgan fingerprint density at radius 3 is 2.95 bits per heavy atom. The number of fused-ring (bicyclic) bond motifs is 1. The average molecular weight is 286 g/mol. The van der Waals surface area contributed by atoms with Gasteiger partial charge in [0.05, 0.1) is 11.7 Å². The van der Waals surface area contributed by atoms with Crippen LogP contribution in [-0.4, -0.2) is 32.9 Å². The van der Waals surface area contributed by atoms with Gasteiger partial charge in [0.25, 0.3) is 0 Å². The molecule has 1 aliphatic rings. The fourth-order valence-electron chi connectivity index (χ4n) is 3.62. The normalized spacial score (nSPS) is 20.5. The van der Waals surface area contributed by atoms with E-state index in [0.717, 1.165) is 23.5 Å². The van der Waals surface area contributed by atoms with E-state index in [9.17, 15) is 0 Å². The first kappa shape index (κ1) is 14.5. The van der Waals surface area contributed by atoms with Crippen LogP contribution in [0.4, 0.5) is 0 Å². The highest BCUT2D eigenvalue weighted by Crippen LogP contribution is 2.23. The molecular formula is C17H26N4. The molecule has 1 saturated heterocycles. The van der Waals surface area contributed by atoms with Crippen LogP contribution in [0.1, 0.15) is 44.6 Å². The Labute approximate surface area is 127 Å². The van der Waals surface area contributed by atoms with Crippen molar-refractivity contribution in [3.63, 3.8) is 0 Å². The second-order valence-corrected chi connectivity index (χ2v) is 6.34. The van der Waals surface area contributed by atoms with Gasteiger partial charge in [0.15, 0.2) is 0 Å². The van der Waals surface area contributed by atoms with E-state index in [1.165, 1.54) is 25.8 Å². The minimum absolute atomic E-state index is 0.555. The van der Waals surface area contributed by atoms with Gasteiger partial charge in [-0.2, -0.15) is 0 Å². The van der Waals surface area contributed by atoms with Crippen molar-refractivity contribution in [2.24, 2.45) is 5.73 Å². The first-order valence-corrected chi connectivity index (χ1v) is 8.10. The van der Waals surface area contributed by atoms with Crippen LogP contribution in [-0.2, 0) is 13.0 Å². The van der Waals surface area contributed by atoms with Gasteiger partial charge in [-0.15, -0.1) is 0 Å². The number of hydrogen-bond acceptors (Lipinski definition) is 3. The van der Waals surface area contributed by atoms with Gasteiger partial charge in [-0.05, 0) is 45.4 Å². The summed E-state index contributed by atoms with van der Waals surface area (Å²) in [6, 6.07) is 7.48. The van der Waals surface area contributed by atoms with Crippen molar-refractivity contribution in [1.82, 2.24) is 14.3 Å². The van der Waals surface area contributed by atoms with Crippen LogP contribution in [0, 0.1) is 0 Å². The second-order valence-electron chi connectivity index (χ2n) is 6.34. The molecule has 2 aromatic rings. The zero-order valence-corrected chi connectivity index (χ0v) is 13.1. The molecule has 2 N–H and O–H groups in total. The highest BCUT2D eigenvalue weighted by Gasteiger charge is 2.26. The number of pyridine rings is 1. The summed E-state index contributed by atoms with van der Waals surface area (Å²) in [5.74, 6) is 1.16. The second kappa shape index (κ2) is 6.16. The van der Waals surface area contributed by atoms with Crippen molar-refractivity contribution in [2.75, 3.05) is 6.54 Å². The Morgan fingerprint density at radius 1 is 1.33 bits per heavy atom. The molecule has 4 nitrogen and oxygen atoms in total. The zero-order chi connectivity index (χ0) is 14.8. The number of aromatic nitrogens is 2. The Kier molecular flexibility index (Phi) is 4.27. The molecule has 1 aliphatic heterocycles. The van der Waals surface area contributed by atoms with E-state index in [0.29, 0.717) is 18.6 Å². The summed E-state index contributed by atoms with van der Waals surface area (Å²) < 4.78 is 2.24. The maximum Gasteiger partial charge on any atom is 0.115 e. The molecule has 0 aromatic carbocycles. The molecule has 0 radical (unpaired) electrons. The maximum atomic E-state index is 5.89. The molecule has 2 aromatic heterocycles. The van der Waals surface area contributed by atoms with Crippen LogP contribution >= 0.6 is 0 Å². The maximum absolute atomic E-state index is 5.89. The molecule has 0 aliphatic carbocycles. The Hall–Kier alpha value is -1.39. The van der Waals surface area contributed by atoms with Crippen molar-refractivity contribution in [3.8, 4) is 0 Å². The van der Waals surface area contributed by atoms with Gasteiger partial charge in [-0.1, -0.05) is 12.5 Å². The summed E-state index contributed by atoms with van der Waals surface area (Å²) >= 11 is 0. The van der Waals surface area contributed by atoms with Crippen molar-refractivity contribution in [2.45, 2.75) is 58.2 Å². The molecular weight excluding hydrogens is 260 g/mol. The van der Waals surface area contributed by atoms with Crippen LogP contribution in [0.3, 0.4) is 0 Å². The summed E-state index contributed by atoms with van der Waals surface area (Å²) in [5.41, 5.74) is 8.19. The monoisotopic (exact) mass is 286 g/mol. The van der Waals surface area contributed by atoms with Crippen LogP contribution in [0.5, 0.6) is 0 Å². The lowest BCUT2D eigenvalue weighted by atomic mass is 9.97. The van der Waals surface area contributed by atoms with E-state index in [-0.39, 0.29) is 0 Å². The minimum atomic E-state index is 0.555. The topological polar surface area (TPSA) is 46.6 Å². The largest absolute Gasteiger partial charge is 0.325 e. The Balaban J connectivity index is 1.90. The zero-order valence-electron chi connectivity index (χ0n) is 13.1. The molecule has 114 valence electrons. The molecule has 0 saturated carbocycles. The Bertz CT molecular complexity index is 602. The van der Waals surface area contributed by atoms with Crippen LogP contribution < -0.4 is 5.73 Å². The van der Waals surface area contributed by atoms with Gasteiger partial charge in [-0.3, -0.25) is 9.30 Å². The smallest absolute Gasteiger partial charge is 0.115 e. The van der Waals surface area contributed by atoms with E-state index in [4.69, 9.17) is 5.73 Å². The van der Waals surface area contributed by atoms with E-state index in [2.05, 4.69) is 46.3 Å². The molecule has 3 rings (SSSR count). The number of imidazole rings is 1. The fraction of sp³-hybridized carbons (Fsp3) is 0.588. The standard InChI is InChI=1S/C17H26N4/c1-13(2)20-9-4-3-6-14(20)10-17-19-12-16-8-5-7-15(11-18)21(16)17/h5,7-8,12-14H,3-4,6,9-11,18H2,1-2H3. The molecule has 1 fully saturated rings. The van der Waals surface area contributed by atoms with E-state index in [1.54, 1.807) is 0 Å². The van der Waals surface area contributed by atoms with Crippen LogP contribution in [0.2, 0.25) is 0 Å². The summed E-state index contributed by atoms with van der Waals surface area (Å²) in [4.78, 5) is 7.31. The summed E-state index contributed by atoms with van der Waals surface area (Å²) in [6.45, 7) is 6.37. The van der Waals surface area contributed by atoms with E-state index >= 15 is 0 Å². The lowest BCUT2D eigenvalue weighted by Crippen LogP contribution is -2.45. The first-order valence-electron chi connectivity index (χ1n) is 8.10. The van der Waals surface area contributed by atoms with Crippen molar-refractivity contribution in [1.29, 1.82) is 0 Å². The predicted octanol–water partition coefficient (Wildman–Crippen LogP) is 2.60. The molecule has 0 amide bonds. The predicted molar refractivity (Wildman–Crippen MR) is 86.3 cm³/mol. The highest BCUT2D eigenvalue weighted by molar-refractivity contribution is 5.47. The van der Waals surface area contributed by atoms with E-state index in [1.807, 2.05) is 6.20 Å². The number of nitrogens with two attached hydrogens (primary N) is 1. The lowest BCUT2D eigenvalue weighted by molar-refractivity contribution is 0.110. The molecule has 0 bridgehead atoms. The fourth-order valence-corrected chi connectivity index (χ4v) is 3.62. The van der Waals surface area contributed by atoms with Gasteiger partial charge in [0, 0.05) is 30.7 Å². The van der Waals surface area contributed by atoms with Crippen LogP contribution in [0.15, 0.2) is 24.4 Å². The summed E-state index contributed by atoms with van der Waals surface area (Å²) in [7, 11) is 0. The first-order chi connectivity index (χ1) is 10.2. The molecule has 21 heavy (non-hydrogen) atoms. The lowest BCUT2D eigenvalue weighted by Gasteiger charge is -2.38. The summed E-state index contributed by atoms with van der Waals surface area (Å²) in [5, 5.41) is 0. The quantitative estimate of drug-likeness (QED) is 0.939. The van der Waals surface area contributed by atoms with Gasteiger partial charge < -0.3 is 5.73 Å². The van der Waals surface area contributed by atoms with Crippen molar-refractivity contribution >= 4 is 5.52 Å². The molecule has 3 heterocycles. The van der Waals surface area contributed by atoms with Gasteiger partial charge in [0.1, 0.15) is 5.82 Å². The van der Waals surface area contributed by atoms with E-state index < -0.39 is 0 Å². The van der Waals surface area contributed by atoms with Gasteiger partial charge >= 0.3 is 0 Å². The third kappa shape index (κ3) is 2.83. The third-order valence-electron chi connectivity index (χ3n) is 4.67. The number of nitrogens with zero attached hydrogens (tertiary/aromatic N) is 3. The summed E-state index contributed by atoms with van der Waals surface area (Å²) in [6.07, 6.45) is 6.92. The van der Waals surface area contributed by atoms with Crippen molar-refractivity contribution in [3.05, 3.63) is 35.9 Å². The SMILES string of the molecule is CC(C)N1CCCCC1Cc1ncc2cccc(CN)n12. The van der Waals surface area contributed by atoms with Gasteiger partial charge in [-0.25, -0.2) is 4.98 Å². The Morgan fingerprint density at radius 2 is 2.19 bits per heavy atom. The van der Waals surface area contributed by atoms with Gasteiger partial charge in [0.2, 0.25) is 0 Å². The molecule has 4 heteroatoms. The number of piperidine rings is 1. The molecule has 1 unspecified atom stereocenters. The average Bonchev–Trinajstić information content (AvgIpc) is 2.91. The number of hydrogen-bond donors (Lipinski definition) is 1. The minimum Gasteiger partial charge on any atom is -0.325 e. The third-order valence-corrected chi connectivity index (χ3v) is 4.67. The van der Waals surface area contributed by atoms with Crippen molar-refractivity contribution < 1.29 is 0 Å². The molecule has 1 atom stereocenters. The number of rotatable bonds is 4. The van der Waals surface area contributed by atoms with Crippen LogP contribution in [0.25, 0.3) is 5.52 Å². The number of likely N-dealkylation sites (tertiary alicyclic amines) is 1. The highest BCUT2D eigenvalue weighted by atomic mass is 15.2.